The Morgan fingerprint density at radius 2 is 2.35 bits per heavy atom. The number of hydrogen-bond donors (Lipinski definition) is 2. The van der Waals surface area contributed by atoms with Crippen LogP contribution in [0.15, 0.2) is 18.2 Å². The Bertz CT molecular complexity index is 509. The van der Waals surface area contributed by atoms with Crippen LogP contribution in [-0.2, 0) is 6.54 Å². The number of halogens is 1. The molecule has 110 valence electrons. The van der Waals surface area contributed by atoms with Gasteiger partial charge in [0.05, 0.1) is 4.92 Å². The van der Waals surface area contributed by atoms with E-state index in [4.69, 9.17) is 11.6 Å². The molecule has 5 nitrogen and oxygen atoms in total. The smallest absolute Gasteiger partial charge is 0.273 e. The quantitative estimate of drug-likeness (QED) is 0.647. The van der Waals surface area contributed by atoms with Gasteiger partial charge in [0.2, 0.25) is 0 Å². The Kier molecular flexibility index (Phi) is 4.62. The van der Waals surface area contributed by atoms with Crippen LogP contribution < -0.4 is 5.32 Å². The maximum absolute atomic E-state index is 11.0. The summed E-state index contributed by atoms with van der Waals surface area (Å²) in [5.74, 6) is 0. The van der Waals surface area contributed by atoms with Crippen LogP contribution in [0.1, 0.15) is 31.7 Å². The van der Waals surface area contributed by atoms with Crippen molar-refractivity contribution in [3.8, 4) is 0 Å². The molecular formula is C14H19ClN2O3. The monoisotopic (exact) mass is 298 g/mol. The van der Waals surface area contributed by atoms with Crippen molar-refractivity contribution in [2.24, 2.45) is 5.41 Å². The molecule has 6 heteroatoms. The number of nitrogens with one attached hydrogen (secondary N) is 1. The first-order valence-corrected chi connectivity index (χ1v) is 7.11. The fraction of sp³-hybridized carbons (Fsp3) is 0.571. The normalized spacial score (nSPS) is 25.9. The van der Waals surface area contributed by atoms with Crippen LogP contribution in [0.4, 0.5) is 5.69 Å². The van der Waals surface area contributed by atoms with Gasteiger partial charge in [-0.1, -0.05) is 24.9 Å². The molecule has 0 heterocycles. The summed E-state index contributed by atoms with van der Waals surface area (Å²) < 4.78 is 0. The average Bonchev–Trinajstić information content (AvgIpc) is 2.78. The Balaban J connectivity index is 2.11. The first-order valence-electron chi connectivity index (χ1n) is 6.73. The highest BCUT2D eigenvalue weighted by molar-refractivity contribution is 6.30. The molecule has 20 heavy (non-hydrogen) atoms. The molecule has 1 fully saturated rings. The number of nitrogens with zero attached hydrogens (tertiary/aromatic N) is 1. The van der Waals surface area contributed by atoms with Crippen LogP contribution in [0.25, 0.3) is 0 Å². The van der Waals surface area contributed by atoms with E-state index >= 15 is 0 Å². The van der Waals surface area contributed by atoms with E-state index < -0.39 is 4.92 Å². The highest BCUT2D eigenvalue weighted by Gasteiger charge is 2.37. The summed E-state index contributed by atoms with van der Waals surface area (Å²) in [6, 6.07) is 4.75. The molecule has 1 aromatic rings. The van der Waals surface area contributed by atoms with E-state index in [1.165, 1.54) is 12.1 Å². The third-order valence-electron chi connectivity index (χ3n) is 4.22. The molecular weight excluding hydrogens is 280 g/mol. The Morgan fingerprint density at radius 1 is 1.60 bits per heavy atom. The van der Waals surface area contributed by atoms with Crippen LogP contribution in [0.3, 0.4) is 0 Å². The molecule has 0 aliphatic heterocycles. The molecule has 0 radical (unpaired) electrons. The SMILES string of the molecule is CC1(CO)CCCC1NCc1cc(Cl)ccc1[N+](=O)[O-]. The van der Waals surface area contributed by atoms with Crippen molar-refractivity contribution < 1.29 is 10.0 Å². The minimum atomic E-state index is -0.396. The summed E-state index contributed by atoms with van der Waals surface area (Å²) in [7, 11) is 0. The summed E-state index contributed by atoms with van der Waals surface area (Å²) in [5, 5.41) is 24.3. The van der Waals surface area contributed by atoms with Gasteiger partial charge in [-0.25, -0.2) is 0 Å². The van der Waals surface area contributed by atoms with E-state index in [1.54, 1.807) is 6.07 Å². The van der Waals surface area contributed by atoms with Crippen LogP contribution in [0.5, 0.6) is 0 Å². The largest absolute Gasteiger partial charge is 0.396 e. The maximum Gasteiger partial charge on any atom is 0.273 e. The summed E-state index contributed by atoms with van der Waals surface area (Å²) in [5.41, 5.74) is 0.508. The molecule has 2 rings (SSSR count). The van der Waals surface area contributed by atoms with Gasteiger partial charge in [0.1, 0.15) is 0 Å². The zero-order chi connectivity index (χ0) is 14.8. The standard InChI is InChI=1S/C14H19ClN2O3/c1-14(9-18)6-2-3-13(14)16-8-10-7-11(15)4-5-12(10)17(19)20/h4-5,7,13,16,18H,2-3,6,8-9H2,1H3. The summed E-state index contributed by atoms with van der Waals surface area (Å²) >= 11 is 5.91. The molecule has 0 spiro atoms. The van der Waals surface area contributed by atoms with Gasteiger partial charge in [-0.3, -0.25) is 10.1 Å². The lowest BCUT2D eigenvalue weighted by Gasteiger charge is -2.30. The Hall–Kier alpha value is -1.17. The van der Waals surface area contributed by atoms with Crippen molar-refractivity contribution >= 4 is 17.3 Å². The van der Waals surface area contributed by atoms with Gasteiger partial charge in [-0.15, -0.1) is 0 Å². The second kappa shape index (κ2) is 6.08. The fourth-order valence-electron chi connectivity index (χ4n) is 2.88. The third-order valence-corrected chi connectivity index (χ3v) is 4.46. The topological polar surface area (TPSA) is 75.4 Å². The predicted octanol–water partition coefficient (Wildman–Crippen LogP) is 2.89. The minimum Gasteiger partial charge on any atom is -0.396 e. The molecule has 2 unspecified atom stereocenters. The van der Waals surface area contributed by atoms with Crippen LogP contribution >= 0.6 is 11.6 Å². The number of aliphatic hydroxyl groups excluding tert-OH is 1. The maximum atomic E-state index is 11.0. The van der Waals surface area contributed by atoms with Crippen LogP contribution in [-0.4, -0.2) is 22.7 Å². The average molecular weight is 299 g/mol. The van der Waals surface area contributed by atoms with Crippen molar-refractivity contribution in [3.63, 3.8) is 0 Å². The van der Waals surface area contributed by atoms with Crippen molar-refractivity contribution in [2.45, 2.75) is 38.8 Å². The Morgan fingerprint density at radius 3 is 3.00 bits per heavy atom. The number of benzene rings is 1. The first kappa shape index (κ1) is 15.2. The molecule has 2 atom stereocenters. The number of hydrogen-bond acceptors (Lipinski definition) is 4. The van der Waals surface area contributed by atoms with Gasteiger partial charge in [0.15, 0.2) is 0 Å². The van der Waals surface area contributed by atoms with Gasteiger partial charge in [-0.2, -0.15) is 0 Å². The Labute approximate surface area is 123 Å². The fourth-order valence-corrected chi connectivity index (χ4v) is 3.07. The molecule has 1 aliphatic rings. The lowest BCUT2D eigenvalue weighted by Crippen LogP contribution is -2.41. The highest BCUT2D eigenvalue weighted by Crippen LogP contribution is 2.37. The van der Waals surface area contributed by atoms with Crippen LogP contribution in [0, 0.1) is 15.5 Å². The van der Waals surface area contributed by atoms with Gasteiger partial charge in [-0.05, 0) is 25.0 Å². The highest BCUT2D eigenvalue weighted by atomic mass is 35.5. The minimum absolute atomic E-state index is 0.0746. The molecule has 0 aromatic heterocycles. The second-order valence-electron chi connectivity index (χ2n) is 5.67. The predicted molar refractivity (Wildman–Crippen MR) is 77.8 cm³/mol. The van der Waals surface area contributed by atoms with E-state index in [9.17, 15) is 15.2 Å². The summed E-state index contributed by atoms with van der Waals surface area (Å²) in [6.07, 6.45) is 3.01. The van der Waals surface area contributed by atoms with E-state index in [0.29, 0.717) is 17.1 Å². The van der Waals surface area contributed by atoms with E-state index in [-0.39, 0.29) is 23.8 Å². The van der Waals surface area contributed by atoms with Gasteiger partial charge < -0.3 is 10.4 Å². The number of aliphatic hydroxyl groups is 1. The first-order chi connectivity index (χ1) is 9.46. The molecule has 1 aromatic carbocycles. The van der Waals surface area contributed by atoms with E-state index in [0.717, 1.165) is 19.3 Å². The zero-order valence-electron chi connectivity index (χ0n) is 11.4. The summed E-state index contributed by atoms with van der Waals surface area (Å²) in [4.78, 5) is 10.6. The summed E-state index contributed by atoms with van der Waals surface area (Å²) in [6.45, 7) is 2.56. The van der Waals surface area contributed by atoms with Crippen molar-refractivity contribution in [2.75, 3.05) is 6.61 Å². The van der Waals surface area contributed by atoms with Crippen molar-refractivity contribution in [3.05, 3.63) is 38.9 Å². The lowest BCUT2D eigenvalue weighted by atomic mass is 9.85. The number of nitro groups is 1. The van der Waals surface area contributed by atoms with Gasteiger partial charge >= 0.3 is 0 Å². The van der Waals surface area contributed by atoms with Gasteiger partial charge in [0.25, 0.3) is 5.69 Å². The number of nitro benzene ring substituents is 1. The molecule has 1 aliphatic carbocycles. The van der Waals surface area contributed by atoms with Gasteiger partial charge in [0, 0.05) is 41.3 Å². The molecule has 2 N–H and O–H groups in total. The molecule has 0 bridgehead atoms. The van der Waals surface area contributed by atoms with E-state index in [2.05, 4.69) is 5.32 Å². The van der Waals surface area contributed by atoms with Crippen LogP contribution in [0.2, 0.25) is 5.02 Å². The lowest BCUT2D eigenvalue weighted by molar-refractivity contribution is -0.385. The molecule has 0 saturated heterocycles. The third kappa shape index (κ3) is 3.11. The second-order valence-corrected chi connectivity index (χ2v) is 6.10. The van der Waals surface area contributed by atoms with Crippen molar-refractivity contribution in [1.29, 1.82) is 0 Å². The molecule has 1 saturated carbocycles. The zero-order valence-corrected chi connectivity index (χ0v) is 12.2. The number of rotatable bonds is 5. The van der Waals surface area contributed by atoms with E-state index in [1.807, 2.05) is 6.92 Å². The molecule has 0 amide bonds. The van der Waals surface area contributed by atoms with Crippen molar-refractivity contribution in [1.82, 2.24) is 5.32 Å².